The number of amides is 1. The summed E-state index contributed by atoms with van der Waals surface area (Å²) >= 11 is 0. The molecule has 5 heteroatoms. The number of fused-ring (bicyclic) bond motifs is 1. The molecule has 2 aliphatic rings. The highest BCUT2D eigenvalue weighted by Gasteiger charge is 2.24. The molecule has 1 amide bonds. The third-order valence-electron chi connectivity index (χ3n) is 3.55. The molecule has 0 aliphatic carbocycles. The average molecular weight is 289 g/mol. The van der Waals surface area contributed by atoms with E-state index in [1.165, 1.54) is 0 Å². The smallest absolute Gasteiger partial charge is 0.246 e. The van der Waals surface area contributed by atoms with Gasteiger partial charge < -0.3 is 19.1 Å². The van der Waals surface area contributed by atoms with Crippen LogP contribution in [0.25, 0.3) is 6.08 Å². The second-order valence-corrected chi connectivity index (χ2v) is 5.45. The molecule has 2 aliphatic heterocycles. The standard InChI is InChI=1S/C16H19NO4/c1-11-8-17(9-12(2)21-11)16(18)6-4-13-3-5-14-15(7-13)20-10-19-14/h3-7,11-12H,8-10H2,1-2H3/b6-4+/t11-,12-/m0/s1. The molecule has 0 N–H and O–H groups in total. The first-order valence-corrected chi connectivity index (χ1v) is 7.14. The fraction of sp³-hybridized carbons (Fsp3) is 0.438. The Balaban J connectivity index is 1.66. The first-order chi connectivity index (χ1) is 10.1. The molecule has 21 heavy (non-hydrogen) atoms. The zero-order valence-electron chi connectivity index (χ0n) is 12.2. The number of carbonyl (C=O) groups is 1. The predicted molar refractivity (Wildman–Crippen MR) is 78.2 cm³/mol. The molecule has 1 aromatic carbocycles. The summed E-state index contributed by atoms with van der Waals surface area (Å²) in [4.78, 5) is 14.0. The number of rotatable bonds is 2. The van der Waals surface area contributed by atoms with Crippen LogP contribution in [0.1, 0.15) is 19.4 Å². The van der Waals surface area contributed by atoms with Crippen LogP contribution in [-0.4, -0.2) is 42.9 Å². The quantitative estimate of drug-likeness (QED) is 0.782. The van der Waals surface area contributed by atoms with Crippen molar-refractivity contribution in [2.24, 2.45) is 0 Å². The van der Waals surface area contributed by atoms with Gasteiger partial charge in [0.05, 0.1) is 12.2 Å². The topological polar surface area (TPSA) is 48.0 Å². The maximum atomic E-state index is 12.2. The summed E-state index contributed by atoms with van der Waals surface area (Å²) in [6, 6.07) is 5.63. The van der Waals surface area contributed by atoms with Crippen LogP contribution in [0.4, 0.5) is 0 Å². The van der Waals surface area contributed by atoms with Crippen molar-refractivity contribution in [3.63, 3.8) is 0 Å². The van der Waals surface area contributed by atoms with Gasteiger partial charge in [0.1, 0.15) is 0 Å². The van der Waals surface area contributed by atoms with Crippen LogP contribution in [0.15, 0.2) is 24.3 Å². The Morgan fingerprint density at radius 1 is 1.19 bits per heavy atom. The number of ether oxygens (including phenoxy) is 3. The van der Waals surface area contributed by atoms with Crippen molar-refractivity contribution in [1.29, 1.82) is 0 Å². The van der Waals surface area contributed by atoms with Gasteiger partial charge in [-0.1, -0.05) is 6.07 Å². The summed E-state index contributed by atoms with van der Waals surface area (Å²) in [5.74, 6) is 1.47. The monoisotopic (exact) mass is 289 g/mol. The molecule has 112 valence electrons. The van der Waals surface area contributed by atoms with E-state index in [4.69, 9.17) is 14.2 Å². The second kappa shape index (κ2) is 5.77. The Morgan fingerprint density at radius 2 is 1.90 bits per heavy atom. The van der Waals surface area contributed by atoms with Gasteiger partial charge in [-0.2, -0.15) is 0 Å². The molecule has 0 spiro atoms. The molecule has 0 saturated carbocycles. The van der Waals surface area contributed by atoms with E-state index in [2.05, 4.69) is 0 Å². The van der Waals surface area contributed by atoms with E-state index in [1.54, 1.807) is 12.2 Å². The van der Waals surface area contributed by atoms with E-state index in [0.717, 1.165) is 17.1 Å². The first-order valence-electron chi connectivity index (χ1n) is 7.14. The Hall–Kier alpha value is -2.01. The van der Waals surface area contributed by atoms with Gasteiger partial charge in [-0.15, -0.1) is 0 Å². The molecule has 5 nitrogen and oxygen atoms in total. The van der Waals surface area contributed by atoms with E-state index < -0.39 is 0 Å². The number of carbonyl (C=O) groups excluding carboxylic acids is 1. The number of nitrogens with zero attached hydrogens (tertiary/aromatic N) is 1. The molecule has 0 aromatic heterocycles. The molecular weight excluding hydrogens is 270 g/mol. The largest absolute Gasteiger partial charge is 0.454 e. The van der Waals surface area contributed by atoms with Crippen molar-refractivity contribution < 1.29 is 19.0 Å². The molecular formula is C16H19NO4. The molecule has 2 atom stereocenters. The minimum absolute atomic E-state index is 0.00895. The summed E-state index contributed by atoms with van der Waals surface area (Å²) in [7, 11) is 0. The van der Waals surface area contributed by atoms with Crippen LogP contribution in [0.2, 0.25) is 0 Å². The lowest BCUT2D eigenvalue weighted by molar-refractivity contribution is -0.137. The highest BCUT2D eigenvalue weighted by atomic mass is 16.7. The van der Waals surface area contributed by atoms with Gasteiger partial charge in [0.2, 0.25) is 12.7 Å². The van der Waals surface area contributed by atoms with Crippen molar-refractivity contribution in [3.05, 3.63) is 29.8 Å². The van der Waals surface area contributed by atoms with Crippen LogP contribution >= 0.6 is 0 Å². The van der Waals surface area contributed by atoms with E-state index in [1.807, 2.05) is 36.9 Å². The summed E-state index contributed by atoms with van der Waals surface area (Å²) in [5.41, 5.74) is 0.918. The van der Waals surface area contributed by atoms with E-state index in [0.29, 0.717) is 13.1 Å². The Labute approximate surface area is 124 Å². The zero-order chi connectivity index (χ0) is 14.8. The molecule has 1 saturated heterocycles. The number of benzene rings is 1. The van der Waals surface area contributed by atoms with Crippen molar-refractivity contribution in [3.8, 4) is 11.5 Å². The summed E-state index contributed by atoms with van der Waals surface area (Å²) in [5, 5.41) is 0. The SMILES string of the molecule is C[C@H]1CN(C(=O)/C=C/c2ccc3c(c2)OCO3)C[C@H](C)O1. The molecule has 0 radical (unpaired) electrons. The van der Waals surface area contributed by atoms with Gasteiger partial charge in [-0.3, -0.25) is 4.79 Å². The lowest BCUT2D eigenvalue weighted by Crippen LogP contribution is -2.47. The Kier molecular flexibility index (Phi) is 3.84. The summed E-state index contributed by atoms with van der Waals surface area (Å²) < 4.78 is 16.2. The fourth-order valence-corrected chi connectivity index (χ4v) is 2.65. The van der Waals surface area contributed by atoms with Crippen molar-refractivity contribution in [2.75, 3.05) is 19.9 Å². The number of morpholine rings is 1. The minimum atomic E-state index is 0.00895. The third-order valence-corrected chi connectivity index (χ3v) is 3.55. The van der Waals surface area contributed by atoms with Crippen LogP contribution in [0, 0.1) is 0 Å². The zero-order valence-corrected chi connectivity index (χ0v) is 12.2. The van der Waals surface area contributed by atoms with Crippen molar-refractivity contribution >= 4 is 12.0 Å². The number of hydrogen-bond acceptors (Lipinski definition) is 4. The average Bonchev–Trinajstić information content (AvgIpc) is 2.91. The minimum Gasteiger partial charge on any atom is -0.454 e. The number of hydrogen-bond donors (Lipinski definition) is 0. The van der Waals surface area contributed by atoms with E-state index in [-0.39, 0.29) is 24.9 Å². The van der Waals surface area contributed by atoms with Crippen LogP contribution in [0.5, 0.6) is 11.5 Å². The first kappa shape index (κ1) is 13.9. The lowest BCUT2D eigenvalue weighted by atomic mass is 10.1. The maximum absolute atomic E-state index is 12.2. The molecule has 3 rings (SSSR count). The van der Waals surface area contributed by atoms with Gasteiger partial charge in [0, 0.05) is 19.2 Å². The van der Waals surface area contributed by atoms with Gasteiger partial charge in [-0.25, -0.2) is 0 Å². The molecule has 1 fully saturated rings. The van der Waals surface area contributed by atoms with Crippen LogP contribution in [0.3, 0.4) is 0 Å². The van der Waals surface area contributed by atoms with Crippen LogP contribution < -0.4 is 9.47 Å². The van der Waals surface area contributed by atoms with Gasteiger partial charge in [0.15, 0.2) is 11.5 Å². The molecule has 2 heterocycles. The highest BCUT2D eigenvalue weighted by molar-refractivity contribution is 5.92. The fourth-order valence-electron chi connectivity index (χ4n) is 2.65. The second-order valence-electron chi connectivity index (χ2n) is 5.45. The Morgan fingerprint density at radius 3 is 2.67 bits per heavy atom. The van der Waals surface area contributed by atoms with Crippen molar-refractivity contribution in [2.45, 2.75) is 26.1 Å². The summed E-state index contributed by atoms with van der Waals surface area (Å²) in [6.45, 7) is 5.49. The van der Waals surface area contributed by atoms with Gasteiger partial charge >= 0.3 is 0 Å². The molecule has 0 unspecified atom stereocenters. The van der Waals surface area contributed by atoms with Gasteiger partial charge in [0.25, 0.3) is 0 Å². The van der Waals surface area contributed by atoms with E-state index >= 15 is 0 Å². The third kappa shape index (κ3) is 3.19. The predicted octanol–water partition coefficient (Wildman–Crippen LogP) is 2.06. The lowest BCUT2D eigenvalue weighted by Gasteiger charge is -2.34. The van der Waals surface area contributed by atoms with Crippen LogP contribution in [-0.2, 0) is 9.53 Å². The molecule has 1 aromatic rings. The van der Waals surface area contributed by atoms with Gasteiger partial charge in [-0.05, 0) is 37.6 Å². The maximum Gasteiger partial charge on any atom is 0.246 e. The summed E-state index contributed by atoms with van der Waals surface area (Å²) in [6.07, 6.45) is 3.56. The highest BCUT2D eigenvalue weighted by Crippen LogP contribution is 2.32. The normalized spacial score (nSPS) is 24.6. The Bertz CT molecular complexity index is 559. The van der Waals surface area contributed by atoms with Crippen molar-refractivity contribution in [1.82, 2.24) is 4.90 Å². The van der Waals surface area contributed by atoms with E-state index in [9.17, 15) is 4.79 Å². The molecule has 0 bridgehead atoms.